The van der Waals surface area contributed by atoms with Crippen molar-refractivity contribution >= 4 is 11.5 Å². The summed E-state index contributed by atoms with van der Waals surface area (Å²) in [7, 11) is 0. The number of hydrogen-bond donors (Lipinski definition) is 1. The summed E-state index contributed by atoms with van der Waals surface area (Å²) < 4.78 is 6.05. The SMILES string of the molecule is [c]1cccc(Nc2cc(-c3ccccc3OCc3ccccc3)ncn2)c1. The molecule has 27 heavy (non-hydrogen) atoms. The van der Waals surface area contributed by atoms with E-state index < -0.39 is 0 Å². The number of benzene rings is 3. The quantitative estimate of drug-likeness (QED) is 0.514. The van der Waals surface area contributed by atoms with Crippen molar-refractivity contribution in [3.8, 4) is 17.0 Å². The summed E-state index contributed by atoms with van der Waals surface area (Å²) in [5.41, 5.74) is 3.78. The fourth-order valence-electron chi connectivity index (χ4n) is 2.73. The van der Waals surface area contributed by atoms with Gasteiger partial charge in [0, 0.05) is 17.3 Å². The molecule has 131 valence electrons. The lowest BCUT2D eigenvalue weighted by molar-refractivity contribution is 0.307. The molecule has 0 saturated heterocycles. The van der Waals surface area contributed by atoms with E-state index >= 15 is 0 Å². The van der Waals surface area contributed by atoms with Crippen LogP contribution in [0, 0.1) is 6.07 Å². The highest BCUT2D eigenvalue weighted by Crippen LogP contribution is 2.30. The van der Waals surface area contributed by atoms with Crippen LogP contribution in [0.15, 0.2) is 91.3 Å². The van der Waals surface area contributed by atoms with Gasteiger partial charge in [-0.3, -0.25) is 0 Å². The fourth-order valence-corrected chi connectivity index (χ4v) is 2.73. The molecule has 0 bridgehead atoms. The predicted octanol–water partition coefficient (Wildman–Crippen LogP) is 5.27. The Kier molecular flexibility index (Phi) is 5.07. The largest absolute Gasteiger partial charge is 0.488 e. The maximum absolute atomic E-state index is 6.05. The van der Waals surface area contributed by atoms with Gasteiger partial charge in [0.2, 0.25) is 0 Å². The molecule has 3 aromatic carbocycles. The van der Waals surface area contributed by atoms with Crippen LogP contribution in [0.2, 0.25) is 0 Å². The smallest absolute Gasteiger partial charge is 0.134 e. The van der Waals surface area contributed by atoms with Crippen LogP contribution in [-0.2, 0) is 6.61 Å². The van der Waals surface area contributed by atoms with Crippen LogP contribution < -0.4 is 10.1 Å². The summed E-state index contributed by atoms with van der Waals surface area (Å²) >= 11 is 0. The summed E-state index contributed by atoms with van der Waals surface area (Å²) in [6.45, 7) is 0.508. The molecule has 1 radical (unpaired) electrons. The van der Waals surface area contributed by atoms with Crippen molar-refractivity contribution in [3.63, 3.8) is 0 Å². The number of hydrogen-bond acceptors (Lipinski definition) is 4. The van der Waals surface area contributed by atoms with E-state index in [9.17, 15) is 0 Å². The first-order chi connectivity index (χ1) is 13.4. The van der Waals surface area contributed by atoms with E-state index in [2.05, 4.69) is 21.4 Å². The Hall–Kier alpha value is -3.66. The minimum atomic E-state index is 0.508. The van der Waals surface area contributed by atoms with Crippen molar-refractivity contribution in [1.29, 1.82) is 0 Å². The minimum absolute atomic E-state index is 0.508. The van der Waals surface area contributed by atoms with Crippen molar-refractivity contribution in [3.05, 3.63) is 103 Å². The van der Waals surface area contributed by atoms with Crippen LogP contribution in [0.5, 0.6) is 5.75 Å². The Labute approximate surface area is 158 Å². The molecular weight excluding hydrogens is 334 g/mol. The van der Waals surface area contributed by atoms with E-state index in [1.165, 1.54) is 0 Å². The highest BCUT2D eigenvalue weighted by molar-refractivity contribution is 5.70. The van der Waals surface area contributed by atoms with E-state index in [-0.39, 0.29) is 0 Å². The number of aromatic nitrogens is 2. The first-order valence-corrected chi connectivity index (χ1v) is 8.70. The molecule has 1 heterocycles. The Balaban J connectivity index is 1.57. The Morgan fingerprint density at radius 1 is 0.889 bits per heavy atom. The average Bonchev–Trinajstić information content (AvgIpc) is 2.74. The minimum Gasteiger partial charge on any atom is -0.488 e. The Morgan fingerprint density at radius 2 is 1.74 bits per heavy atom. The zero-order valence-electron chi connectivity index (χ0n) is 14.7. The first-order valence-electron chi connectivity index (χ1n) is 8.70. The van der Waals surface area contributed by atoms with Crippen molar-refractivity contribution in [2.75, 3.05) is 5.32 Å². The van der Waals surface area contributed by atoms with E-state index in [1.54, 1.807) is 6.33 Å². The number of nitrogens with one attached hydrogen (secondary N) is 1. The van der Waals surface area contributed by atoms with Crippen LogP contribution in [-0.4, -0.2) is 9.97 Å². The highest BCUT2D eigenvalue weighted by atomic mass is 16.5. The van der Waals surface area contributed by atoms with Gasteiger partial charge < -0.3 is 10.1 Å². The third-order valence-electron chi connectivity index (χ3n) is 4.05. The lowest BCUT2D eigenvalue weighted by Gasteiger charge is -2.12. The molecule has 1 N–H and O–H groups in total. The summed E-state index contributed by atoms with van der Waals surface area (Å²) in [4.78, 5) is 8.73. The molecule has 4 aromatic rings. The van der Waals surface area contributed by atoms with Crippen molar-refractivity contribution < 1.29 is 4.74 Å². The van der Waals surface area contributed by atoms with Crippen molar-refractivity contribution in [2.24, 2.45) is 0 Å². The van der Waals surface area contributed by atoms with E-state index in [4.69, 9.17) is 4.74 Å². The molecule has 0 spiro atoms. The standard InChI is InChI=1S/C23H18N3O/c1-3-9-18(10-4-1)16-27-22-14-8-7-13-20(22)21-15-23(25-17-24-21)26-19-11-5-2-6-12-19/h1-5,7-15,17H,16H2,(H,24,25,26). The van der Waals surface area contributed by atoms with Crippen LogP contribution in [0.3, 0.4) is 0 Å². The molecule has 0 aliphatic heterocycles. The lowest BCUT2D eigenvalue weighted by Crippen LogP contribution is -1.99. The summed E-state index contributed by atoms with van der Waals surface area (Å²) in [5.74, 6) is 1.51. The second kappa shape index (κ2) is 8.15. The van der Waals surface area contributed by atoms with Crippen LogP contribution in [0.25, 0.3) is 11.3 Å². The van der Waals surface area contributed by atoms with E-state index in [0.29, 0.717) is 6.61 Å². The molecule has 1 aromatic heterocycles. The van der Waals surface area contributed by atoms with Gasteiger partial charge in [0.15, 0.2) is 0 Å². The Morgan fingerprint density at radius 3 is 2.59 bits per heavy atom. The normalized spacial score (nSPS) is 10.4. The van der Waals surface area contributed by atoms with Crippen LogP contribution in [0.1, 0.15) is 5.56 Å². The maximum Gasteiger partial charge on any atom is 0.134 e. The zero-order valence-corrected chi connectivity index (χ0v) is 14.7. The number of ether oxygens (including phenoxy) is 1. The van der Waals surface area contributed by atoms with Gasteiger partial charge in [0.25, 0.3) is 0 Å². The highest BCUT2D eigenvalue weighted by Gasteiger charge is 2.09. The van der Waals surface area contributed by atoms with Crippen LogP contribution >= 0.6 is 0 Å². The monoisotopic (exact) mass is 352 g/mol. The summed E-state index contributed by atoms with van der Waals surface area (Å²) in [5, 5.41) is 3.27. The zero-order chi connectivity index (χ0) is 18.3. The number of para-hydroxylation sites is 1. The van der Waals surface area contributed by atoms with Gasteiger partial charge in [-0.1, -0.05) is 54.6 Å². The molecule has 4 rings (SSSR count). The van der Waals surface area contributed by atoms with Gasteiger partial charge in [-0.25, -0.2) is 9.97 Å². The number of nitrogens with zero attached hydrogens (tertiary/aromatic N) is 2. The number of anilines is 2. The molecule has 0 saturated carbocycles. The van der Waals surface area contributed by atoms with Crippen molar-refractivity contribution in [2.45, 2.75) is 6.61 Å². The lowest BCUT2D eigenvalue weighted by atomic mass is 10.1. The molecule has 0 aliphatic rings. The van der Waals surface area contributed by atoms with E-state index in [0.717, 1.165) is 34.1 Å². The van der Waals surface area contributed by atoms with E-state index in [1.807, 2.05) is 84.9 Å². The molecule has 0 aliphatic carbocycles. The first kappa shape index (κ1) is 16.8. The molecular formula is C23H18N3O. The third-order valence-corrected chi connectivity index (χ3v) is 4.05. The van der Waals surface area contributed by atoms with Crippen LogP contribution in [0.4, 0.5) is 11.5 Å². The van der Waals surface area contributed by atoms with Gasteiger partial charge in [-0.15, -0.1) is 0 Å². The summed E-state index contributed by atoms with van der Waals surface area (Å²) in [6, 6.07) is 30.6. The molecule has 0 unspecified atom stereocenters. The molecule has 4 nitrogen and oxygen atoms in total. The third kappa shape index (κ3) is 4.30. The maximum atomic E-state index is 6.05. The fraction of sp³-hybridized carbons (Fsp3) is 0.0435. The number of rotatable bonds is 6. The molecule has 0 fully saturated rings. The van der Waals surface area contributed by atoms with Crippen molar-refractivity contribution in [1.82, 2.24) is 9.97 Å². The average molecular weight is 352 g/mol. The molecule has 0 amide bonds. The molecule has 0 atom stereocenters. The second-order valence-electron chi connectivity index (χ2n) is 5.98. The van der Waals surface area contributed by atoms with Gasteiger partial charge in [-0.2, -0.15) is 0 Å². The summed E-state index contributed by atoms with van der Waals surface area (Å²) in [6.07, 6.45) is 1.55. The predicted molar refractivity (Wildman–Crippen MR) is 107 cm³/mol. The Bertz CT molecular complexity index is 1000. The van der Waals surface area contributed by atoms with Gasteiger partial charge >= 0.3 is 0 Å². The molecule has 4 heteroatoms. The topological polar surface area (TPSA) is 47.0 Å². The second-order valence-corrected chi connectivity index (χ2v) is 5.98. The van der Waals surface area contributed by atoms with Gasteiger partial charge in [0.05, 0.1) is 5.69 Å². The van der Waals surface area contributed by atoms with Gasteiger partial charge in [-0.05, 0) is 35.9 Å². The van der Waals surface area contributed by atoms with Gasteiger partial charge in [0.1, 0.15) is 24.5 Å².